The molecule has 1 aliphatic rings. The van der Waals surface area contributed by atoms with Crippen molar-refractivity contribution >= 4 is 5.97 Å². The topological polar surface area (TPSA) is 82.8 Å². The van der Waals surface area contributed by atoms with Crippen molar-refractivity contribution in [2.45, 2.75) is 0 Å². The molecule has 0 saturated carbocycles. The van der Waals surface area contributed by atoms with Crippen LogP contribution in [0.15, 0.2) is 24.4 Å². The zero-order valence-corrected chi connectivity index (χ0v) is 10.7. The van der Waals surface area contributed by atoms with E-state index in [9.17, 15) is 9.90 Å². The van der Waals surface area contributed by atoms with Crippen molar-refractivity contribution in [2.75, 3.05) is 20.3 Å². The van der Waals surface area contributed by atoms with Gasteiger partial charge >= 0.3 is 5.97 Å². The highest BCUT2D eigenvalue weighted by atomic mass is 16.6. The van der Waals surface area contributed by atoms with Crippen LogP contribution >= 0.6 is 0 Å². The van der Waals surface area contributed by atoms with Gasteiger partial charge in [-0.25, -0.2) is 9.48 Å². The molecule has 1 aliphatic heterocycles. The van der Waals surface area contributed by atoms with Gasteiger partial charge in [-0.05, 0) is 12.1 Å². The lowest BCUT2D eigenvalue weighted by Crippen LogP contribution is -2.15. The molecule has 0 amide bonds. The Morgan fingerprint density at radius 2 is 2.10 bits per heavy atom. The van der Waals surface area contributed by atoms with Crippen LogP contribution in [0, 0.1) is 0 Å². The number of aromatic nitrogens is 2. The number of fused-ring (bicyclic) bond motifs is 1. The summed E-state index contributed by atoms with van der Waals surface area (Å²) in [7, 11) is 1.23. The van der Waals surface area contributed by atoms with Gasteiger partial charge in [-0.3, -0.25) is 0 Å². The minimum atomic E-state index is -0.696. The third kappa shape index (κ3) is 2.03. The first kappa shape index (κ1) is 12.3. The number of aromatic hydroxyl groups is 1. The summed E-state index contributed by atoms with van der Waals surface area (Å²) < 4.78 is 16.8. The van der Waals surface area contributed by atoms with E-state index in [0.717, 1.165) is 0 Å². The summed E-state index contributed by atoms with van der Waals surface area (Å²) >= 11 is 0. The van der Waals surface area contributed by atoms with Crippen molar-refractivity contribution in [2.24, 2.45) is 0 Å². The number of carbonyl (C=O) groups is 1. The average Bonchev–Trinajstić information content (AvgIpc) is 2.88. The molecule has 0 bridgehead atoms. The van der Waals surface area contributed by atoms with Crippen LogP contribution in [0.25, 0.3) is 5.69 Å². The Labute approximate surface area is 114 Å². The number of carbonyl (C=O) groups excluding carboxylic acids is 1. The number of methoxy groups -OCH3 is 1. The van der Waals surface area contributed by atoms with Gasteiger partial charge in [-0.2, -0.15) is 5.10 Å². The van der Waals surface area contributed by atoms with Gasteiger partial charge in [-0.1, -0.05) is 0 Å². The van der Waals surface area contributed by atoms with Crippen LogP contribution in [0.4, 0.5) is 0 Å². The first-order chi connectivity index (χ1) is 9.69. The van der Waals surface area contributed by atoms with E-state index in [1.807, 2.05) is 0 Å². The number of hydrogen-bond donors (Lipinski definition) is 1. The maximum absolute atomic E-state index is 11.4. The minimum absolute atomic E-state index is 0.137. The Morgan fingerprint density at radius 1 is 1.35 bits per heavy atom. The molecule has 104 valence electrons. The standard InChI is InChI=1S/C13H12N2O5/c1-18-13(17)12-9(16)7-15(14-12)8-2-3-10-11(6-8)20-5-4-19-10/h2-3,6-7,16H,4-5H2,1H3. The Kier molecular flexibility index (Phi) is 2.94. The van der Waals surface area contributed by atoms with Crippen molar-refractivity contribution in [3.8, 4) is 22.9 Å². The molecule has 0 fully saturated rings. The van der Waals surface area contributed by atoms with Gasteiger partial charge in [0.25, 0.3) is 0 Å². The Hall–Kier alpha value is -2.70. The van der Waals surface area contributed by atoms with Gasteiger partial charge in [0.05, 0.1) is 19.0 Å². The number of hydrogen-bond acceptors (Lipinski definition) is 6. The van der Waals surface area contributed by atoms with Crippen molar-refractivity contribution in [3.05, 3.63) is 30.1 Å². The van der Waals surface area contributed by atoms with Crippen molar-refractivity contribution in [1.82, 2.24) is 9.78 Å². The molecular formula is C13H12N2O5. The Morgan fingerprint density at radius 3 is 2.85 bits per heavy atom. The molecular weight excluding hydrogens is 264 g/mol. The second-order valence-electron chi connectivity index (χ2n) is 4.13. The van der Waals surface area contributed by atoms with Crippen LogP contribution < -0.4 is 9.47 Å². The number of rotatable bonds is 2. The normalized spacial score (nSPS) is 13.1. The van der Waals surface area contributed by atoms with Gasteiger partial charge in [0.1, 0.15) is 13.2 Å². The largest absolute Gasteiger partial charge is 0.504 e. The molecule has 0 saturated heterocycles. The summed E-state index contributed by atoms with van der Waals surface area (Å²) in [6, 6.07) is 5.23. The number of esters is 1. The van der Waals surface area contributed by atoms with Crippen molar-refractivity contribution in [3.63, 3.8) is 0 Å². The molecule has 1 aromatic heterocycles. The second kappa shape index (κ2) is 4.76. The number of nitrogens with zero attached hydrogens (tertiary/aromatic N) is 2. The highest BCUT2D eigenvalue weighted by Crippen LogP contribution is 2.32. The fourth-order valence-corrected chi connectivity index (χ4v) is 1.91. The van der Waals surface area contributed by atoms with Gasteiger partial charge in [0.2, 0.25) is 5.69 Å². The number of benzene rings is 1. The Bertz CT molecular complexity index is 665. The summed E-state index contributed by atoms with van der Waals surface area (Å²) in [5.41, 5.74) is 0.502. The average molecular weight is 276 g/mol. The van der Waals surface area contributed by atoms with E-state index in [0.29, 0.717) is 30.4 Å². The maximum Gasteiger partial charge on any atom is 0.362 e. The first-order valence-electron chi connectivity index (χ1n) is 5.96. The first-order valence-corrected chi connectivity index (χ1v) is 5.96. The minimum Gasteiger partial charge on any atom is -0.504 e. The van der Waals surface area contributed by atoms with Crippen LogP contribution in [-0.2, 0) is 4.74 Å². The van der Waals surface area contributed by atoms with Gasteiger partial charge in [-0.15, -0.1) is 0 Å². The van der Waals surface area contributed by atoms with E-state index in [2.05, 4.69) is 9.84 Å². The summed E-state index contributed by atoms with van der Waals surface area (Å²) in [4.78, 5) is 11.4. The van der Waals surface area contributed by atoms with E-state index in [-0.39, 0.29) is 11.4 Å². The highest BCUT2D eigenvalue weighted by Gasteiger charge is 2.19. The molecule has 1 N–H and O–H groups in total. The van der Waals surface area contributed by atoms with Crippen LogP contribution in [0.5, 0.6) is 17.2 Å². The number of ether oxygens (including phenoxy) is 3. The molecule has 1 aromatic carbocycles. The molecule has 0 unspecified atom stereocenters. The zero-order valence-electron chi connectivity index (χ0n) is 10.7. The van der Waals surface area contributed by atoms with E-state index in [4.69, 9.17) is 9.47 Å². The van der Waals surface area contributed by atoms with Crippen LogP contribution in [-0.4, -0.2) is 41.2 Å². The van der Waals surface area contributed by atoms with E-state index in [1.165, 1.54) is 18.0 Å². The molecule has 2 heterocycles. The monoisotopic (exact) mass is 276 g/mol. The predicted octanol–water partition coefficient (Wildman–Crippen LogP) is 1.14. The smallest absolute Gasteiger partial charge is 0.362 e. The predicted molar refractivity (Wildman–Crippen MR) is 67.6 cm³/mol. The third-order valence-electron chi connectivity index (χ3n) is 2.86. The van der Waals surface area contributed by atoms with Gasteiger partial charge in [0.15, 0.2) is 17.2 Å². The highest BCUT2D eigenvalue weighted by molar-refractivity contribution is 5.90. The fraction of sp³-hybridized carbons (Fsp3) is 0.231. The maximum atomic E-state index is 11.4. The second-order valence-corrected chi connectivity index (χ2v) is 4.13. The zero-order chi connectivity index (χ0) is 14.1. The third-order valence-corrected chi connectivity index (χ3v) is 2.86. The van der Waals surface area contributed by atoms with E-state index < -0.39 is 5.97 Å². The lowest BCUT2D eigenvalue weighted by Gasteiger charge is -2.18. The quantitative estimate of drug-likeness (QED) is 0.828. The molecule has 0 spiro atoms. The molecule has 0 radical (unpaired) electrons. The molecule has 2 aromatic rings. The van der Waals surface area contributed by atoms with Crippen LogP contribution in [0.1, 0.15) is 10.5 Å². The lowest BCUT2D eigenvalue weighted by molar-refractivity contribution is 0.0590. The molecule has 7 nitrogen and oxygen atoms in total. The van der Waals surface area contributed by atoms with E-state index >= 15 is 0 Å². The van der Waals surface area contributed by atoms with Crippen LogP contribution in [0.2, 0.25) is 0 Å². The SMILES string of the molecule is COC(=O)c1nn(-c2ccc3c(c2)OCCO3)cc1O. The fourth-order valence-electron chi connectivity index (χ4n) is 1.91. The van der Waals surface area contributed by atoms with Crippen LogP contribution in [0.3, 0.4) is 0 Å². The molecule has 3 rings (SSSR count). The van der Waals surface area contributed by atoms with Gasteiger partial charge in [0, 0.05) is 6.07 Å². The Balaban J connectivity index is 1.99. The summed E-state index contributed by atoms with van der Waals surface area (Å²) in [6.45, 7) is 0.996. The summed E-state index contributed by atoms with van der Waals surface area (Å²) in [5, 5.41) is 13.7. The summed E-state index contributed by atoms with van der Waals surface area (Å²) in [5.74, 6) is 0.318. The molecule has 0 atom stereocenters. The lowest BCUT2D eigenvalue weighted by atomic mass is 10.2. The van der Waals surface area contributed by atoms with Crippen molar-refractivity contribution in [1.29, 1.82) is 0 Å². The van der Waals surface area contributed by atoms with Crippen molar-refractivity contribution < 1.29 is 24.1 Å². The molecule has 7 heteroatoms. The van der Waals surface area contributed by atoms with Gasteiger partial charge < -0.3 is 19.3 Å². The molecule has 20 heavy (non-hydrogen) atoms. The summed E-state index contributed by atoms with van der Waals surface area (Å²) in [6.07, 6.45) is 1.33. The van der Waals surface area contributed by atoms with E-state index in [1.54, 1.807) is 18.2 Å². The molecule has 0 aliphatic carbocycles.